The molecule has 0 saturated heterocycles. The second-order valence-electron chi connectivity index (χ2n) is 4.16. The van der Waals surface area contributed by atoms with Crippen LogP contribution in [0.15, 0.2) is 36.4 Å². The van der Waals surface area contributed by atoms with Gasteiger partial charge in [0.15, 0.2) is 11.5 Å². The van der Waals surface area contributed by atoms with Crippen LogP contribution in [0.3, 0.4) is 0 Å². The van der Waals surface area contributed by atoms with Gasteiger partial charge in [0, 0.05) is 6.54 Å². The largest absolute Gasteiger partial charge is 0.504 e. The first-order chi connectivity index (χ1) is 9.63. The maximum Gasteiger partial charge on any atom is 0.160 e. The minimum atomic E-state index is -0.450. The van der Waals surface area contributed by atoms with Gasteiger partial charge in [-0.1, -0.05) is 6.07 Å². The molecule has 0 amide bonds. The molecule has 0 bridgehead atoms. The van der Waals surface area contributed by atoms with E-state index in [1.807, 2.05) is 6.07 Å². The van der Waals surface area contributed by atoms with E-state index < -0.39 is 5.82 Å². The first kappa shape index (κ1) is 13.7. The van der Waals surface area contributed by atoms with E-state index >= 15 is 0 Å². The molecule has 0 aromatic heterocycles. The van der Waals surface area contributed by atoms with Crippen molar-refractivity contribution in [2.75, 3.05) is 12.4 Å². The van der Waals surface area contributed by atoms with E-state index in [-0.39, 0.29) is 11.3 Å². The fourth-order valence-corrected chi connectivity index (χ4v) is 1.81. The number of phenols is 1. The van der Waals surface area contributed by atoms with Crippen LogP contribution in [0.5, 0.6) is 11.5 Å². The van der Waals surface area contributed by atoms with E-state index in [2.05, 4.69) is 5.32 Å². The van der Waals surface area contributed by atoms with E-state index in [1.54, 1.807) is 18.2 Å². The SMILES string of the molecule is COc1ccc(CNc2ccc(F)cc2C#N)cc1O. The number of aromatic hydroxyl groups is 1. The number of methoxy groups -OCH3 is 1. The predicted molar refractivity (Wildman–Crippen MR) is 73.1 cm³/mol. The molecule has 2 aromatic rings. The highest BCUT2D eigenvalue weighted by Crippen LogP contribution is 2.26. The summed E-state index contributed by atoms with van der Waals surface area (Å²) in [7, 11) is 1.48. The third-order valence-corrected chi connectivity index (χ3v) is 2.83. The summed E-state index contributed by atoms with van der Waals surface area (Å²) < 4.78 is 18.0. The first-order valence-electron chi connectivity index (χ1n) is 5.93. The molecule has 0 atom stereocenters. The van der Waals surface area contributed by atoms with Crippen molar-refractivity contribution in [2.24, 2.45) is 0 Å². The van der Waals surface area contributed by atoms with Crippen LogP contribution in [0.4, 0.5) is 10.1 Å². The molecule has 0 unspecified atom stereocenters. The number of ether oxygens (including phenoxy) is 1. The second kappa shape index (κ2) is 5.93. The molecule has 0 saturated carbocycles. The maximum atomic E-state index is 13.0. The number of benzene rings is 2. The third kappa shape index (κ3) is 2.98. The summed E-state index contributed by atoms with van der Waals surface area (Å²) in [5.74, 6) is -0.00569. The quantitative estimate of drug-likeness (QED) is 0.898. The zero-order chi connectivity index (χ0) is 14.5. The number of nitrogens with zero attached hydrogens (tertiary/aromatic N) is 1. The average molecular weight is 272 g/mol. The van der Waals surface area contributed by atoms with Crippen molar-refractivity contribution >= 4 is 5.69 Å². The van der Waals surface area contributed by atoms with Gasteiger partial charge in [0.1, 0.15) is 11.9 Å². The molecule has 0 fully saturated rings. The molecule has 20 heavy (non-hydrogen) atoms. The summed E-state index contributed by atoms with van der Waals surface area (Å²) in [5.41, 5.74) is 1.60. The Kier molecular flexibility index (Phi) is 4.06. The normalized spacial score (nSPS) is 9.85. The second-order valence-corrected chi connectivity index (χ2v) is 4.16. The Bertz CT molecular complexity index is 665. The Labute approximate surface area is 116 Å². The van der Waals surface area contributed by atoms with Crippen LogP contribution >= 0.6 is 0 Å². The van der Waals surface area contributed by atoms with Crippen LogP contribution in [-0.4, -0.2) is 12.2 Å². The standard InChI is InChI=1S/C15H13FN2O2/c1-20-15-5-2-10(6-14(15)19)9-18-13-4-3-12(16)7-11(13)8-17/h2-7,18-19H,9H2,1H3. The lowest BCUT2D eigenvalue weighted by molar-refractivity contribution is 0.373. The number of rotatable bonds is 4. The summed E-state index contributed by atoms with van der Waals surface area (Å²) in [6, 6.07) is 10.9. The highest BCUT2D eigenvalue weighted by atomic mass is 19.1. The van der Waals surface area contributed by atoms with Gasteiger partial charge in [-0.15, -0.1) is 0 Å². The Morgan fingerprint density at radius 2 is 2.10 bits per heavy atom. The number of nitriles is 1. The number of halogens is 1. The van der Waals surface area contributed by atoms with Gasteiger partial charge >= 0.3 is 0 Å². The lowest BCUT2D eigenvalue weighted by Crippen LogP contribution is -2.01. The van der Waals surface area contributed by atoms with Gasteiger partial charge in [-0.25, -0.2) is 4.39 Å². The molecule has 0 aliphatic heterocycles. The maximum absolute atomic E-state index is 13.0. The molecule has 0 radical (unpaired) electrons. The van der Waals surface area contributed by atoms with Crippen molar-refractivity contribution in [3.8, 4) is 17.6 Å². The van der Waals surface area contributed by atoms with Crippen LogP contribution in [0, 0.1) is 17.1 Å². The van der Waals surface area contributed by atoms with Crippen LogP contribution < -0.4 is 10.1 Å². The van der Waals surface area contributed by atoms with Gasteiger partial charge in [0.05, 0.1) is 18.4 Å². The van der Waals surface area contributed by atoms with Crippen molar-refractivity contribution in [3.63, 3.8) is 0 Å². The van der Waals surface area contributed by atoms with Gasteiger partial charge in [0.2, 0.25) is 0 Å². The van der Waals surface area contributed by atoms with Crippen LogP contribution in [0.25, 0.3) is 0 Å². The molecular formula is C15H13FN2O2. The van der Waals surface area contributed by atoms with Crippen molar-refractivity contribution in [1.29, 1.82) is 5.26 Å². The molecule has 5 heteroatoms. The Balaban J connectivity index is 2.13. The zero-order valence-corrected chi connectivity index (χ0v) is 10.9. The number of nitrogens with one attached hydrogen (secondary N) is 1. The van der Waals surface area contributed by atoms with Gasteiger partial charge < -0.3 is 15.2 Å². The van der Waals surface area contributed by atoms with Crippen molar-refractivity contribution in [3.05, 3.63) is 53.3 Å². The minimum Gasteiger partial charge on any atom is -0.504 e. The van der Waals surface area contributed by atoms with E-state index in [0.29, 0.717) is 18.0 Å². The molecule has 2 aromatic carbocycles. The van der Waals surface area contributed by atoms with Crippen molar-refractivity contribution in [1.82, 2.24) is 0 Å². The van der Waals surface area contributed by atoms with E-state index in [1.165, 1.54) is 25.3 Å². The Morgan fingerprint density at radius 3 is 2.75 bits per heavy atom. The van der Waals surface area contributed by atoms with Gasteiger partial charge in [-0.2, -0.15) is 5.26 Å². The van der Waals surface area contributed by atoms with Gasteiger partial charge in [0.25, 0.3) is 0 Å². The van der Waals surface area contributed by atoms with E-state index in [0.717, 1.165) is 5.56 Å². The highest BCUT2D eigenvalue weighted by molar-refractivity contribution is 5.57. The third-order valence-electron chi connectivity index (χ3n) is 2.83. The van der Waals surface area contributed by atoms with Crippen LogP contribution in [-0.2, 0) is 6.54 Å². The summed E-state index contributed by atoms with van der Waals surface area (Å²) in [6.45, 7) is 0.401. The monoisotopic (exact) mass is 272 g/mol. The molecule has 102 valence electrons. The Hall–Kier alpha value is -2.74. The molecular weight excluding hydrogens is 259 g/mol. The molecule has 2 N–H and O–H groups in total. The summed E-state index contributed by atoms with van der Waals surface area (Å²) >= 11 is 0. The predicted octanol–water partition coefficient (Wildman–Crippen LogP) is 3.02. The topological polar surface area (TPSA) is 65.3 Å². The molecule has 0 aliphatic rings. The minimum absolute atomic E-state index is 0.0476. The summed E-state index contributed by atoms with van der Waals surface area (Å²) in [5, 5.41) is 21.6. The van der Waals surface area contributed by atoms with Crippen LogP contribution in [0.1, 0.15) is 11.1 Å². The van der Waals surface area contributed by atoms with E-state index in [4.69, 9.17) is 10.00 Å². The van der Waals surface area contributed by atoms with Gasteiger partial charge in [-0.3, -0.25) is 0 Å². The fourth-order valence-electron chi connectivity index (χ4n) is 1.81. The van der Waals surface area contributed by atoms with Gasteiger partial charge in [-0.05, 0) is 35.9 Å². The molecule has 2 rings (SSSR count). The summed E-state index contributed by atoms with van der Waals surface area (Å²) in [4.78, 5) is 0. The number of phenolic OH excluding ortho intramolecular Hbond substituents is 1. The Morgan fingerprint density at radius 1 is 1.30 bits per heavy atom. The highest BCUT2D eigenvalue weighted by Gasteiger charge is 2.05. The molecule has 0 aliphatic carbocycles. The lowest BCUT2D eigenvalue weighted by atomic mass is 10.1. The molecule has 0 spiro atoms. The number of hydrogen-bond acceptors (Lipinski definition) is 4. The zero-order valence-electron chi connectivity index (χ0n) is 10.9. The van der Waals surface area contributed by atoms with Crippen LogP contribution in [0.2, 0.25) is 0 Å². The van der Waals surface area contributed by atoms with E-state index in [9.17, 15) is 9.50 Å². The number of anilines is 1. The fraction of sp³-hybridized carbons (Fsp3) is 0.133. The molecule has 4 nitrogen and oxygen atoms in total. The molecule has 0 heterocycles. The van der Waals surface area contributed by atoms with Crippen molar-refractivity contribution < 1.29 is 14.2 Å². The lowest BCUT2D eigenvalue weighted by Gasteiger charge is -2.10. The summed E-state index contributed by atoms with van der Waals surface area (Å²) in [6.07, 6.45) is 0. The average Bonchev–Trinajstić information content (AvgIpc) is 2.46. The number of hydrogen-bond donors (Lipinski definition) is 2. The van der Waals surface area contributed by atoms with Crippen molar-refractivity contribution in [2.45, 2.75) is 6.54 Å². The first-order valence-corrected chi connectivity index (χ1v) is 5.93. The smallest absolute Gasteiger partial charge is 0.160 e.